The van der Waals surface area contributed by atoms with Gasteiger partial charge in [-0.05, 0) is 58.2 Å². The summed E-state index contributed by atoms with van der Waals surface area (Å²) in [4.78, 5) is 14.2. The van der Waals surface area contributed by atoms with Gasteiger partial charge in [0.25, 0.3) is 0 Å². The molecular weight excluding hydrogens is 214 g/mol. The maximum atomic E-state index is 11.7. The number of rotatable bonds is 4. The molecule has 0 aliphatic carbocycles. The second-order valence-corrected chi connectivity index (χ2v) is 5.48. The Balaban J connectivity index is 1.86. The standard InChI is InChI=1S/C13H25N3O/c14-12(17)13(6-2-3-8-15-13)7-11-16-9-4-1-5-10-16/h15H,1-11H2,(H2,14,17). The number of carbonyl (C=O) groups excluding carboxylic acids is 1. The lowest BCUT2D eigenvalue weighted by atomic mass is 9.85. The van der Waals surface area contributed by atoms with Gasteiger partial charge in [0.2, 0.25) is 5.91 Å². The molecule has 0 aromatic heterocycles. The van der Waals surface area contributed by atoms with E-state index in [2.05, 4.69) is 10.2 Å². The number of primary amides is 1. The van der Waals surface area contributed by atoms with Crippen LogP contribution in [0, 0.1) is 0 Å². The predicted octanol–water partition coefficient (Wildman–Crippen LogP) is 0.860. The molecule has 0 saturated carbocycles. The van der Waals surface area contributed by atoms with Crippen LogP contribution in [0.2, 0.25) is 0 Å². The van der Waals surface area contributed by atoms with Crippen LogP contribution in [-0.2, 0) is 4.79 Å². The highest BCUT2D eigenvalue weighted by molar-refractivity contribution is 5.84. The number of hydrogen-bond donors (Lipinski definition) is 2. The third kappa shape index (κ3) is 3.19. The van der Waals surface area contributed by atoms with Gasteiger partial charge < -0.3 is 16.0 Å². The van der Waals surface area contributed by atoms with Crippen LogP contribution >= 0.6 is 0 Å². The molecule has 0 spiro atoms. The Labute approximate surface area is 104 Å². The van der Waals surface area contributed by atoms with Crippen molar-refractivity contribution in [2.24, 2.45) is 5.73 Å². The fourth-order valence-electron chi connectivity index (χ4n) is 3.05. The number of nitrogens with two attached hydrogens (primary N) is 1. The smallest absolute Gasteiger partial charge is 0.237 e. The third-order valence-corrected chi connectivity index (χ3v) is 4.27. The van der Waals surface area contributed by atoms with Crippen molar-refractivity contribution in [2.45, 2.75) is 50.5 Å². The van der Waals surface area contributed by atoms with Gasteiger partial charge in [-0.25, -0.2) is 0 Å². The van der Waals surface area contributed by atoms with E-state index in [4.69, 9.17) is 5.73 Å². The highest BCUT2D eigenvalue weighted by Crippen LogP contribution is 2.23. The molecule has 17 heavy (non-hydrogen) atoms. The maximum Gasteiger partial charge on any atom is 0.237 e. The molecule has 2 aliphatic rings. The maximum absolute atomic E-state index is 11.7. The van der Waals surface area contributed by atoms with E-state index >= 15 is 0 Å². The summed E-state index contributed by atoms with van der Waals surface area (Å²) < 4.78 is 0. The number of piperidine rings is 2. The number of amides is 1. The van der Waals surface area contributed by atoms with E-state index < -0.39 is 5.54 Å². The van der Waals surface area contributed by atoms with Gasteiger partial charge in [-0.2, -0.15) is 0 Å². The minimum Gasteiger partial charge on any atom is -0.368 e. The van der Waals surface area contributed by atoms with E-state index in [-0.39, 0.29) is 5.91 Å². The zero-order valence-corrected chi connectivity index (χ0v) is 10.7. The van der Waals surface area contributed by atoms with Gasteiger partial charge in [0, 0.05) is 6.54 Å². The lowest BCUT2D eigenvalue weighted by Crippen LogP contribution is -2.59. The summed E-state index contributed by atoms with van der Waals surface area (Å²) in [5, 5.41) is 3.37. The minimum absolute atomic E-state index is 0.158. The second kappa shape index (κ2) is 5.83. The molecule has 0 aromatic rings. The Kier molecular flexibility index (Phi) is 4.40. The van der Waals surface area contributed by atoms with Crippen molar-refractivity contribution in [2.75, 3.05) is 26.2 Å². The molecule has 2 rings (SSSR count). The molecule has 4 heteroatoms. The summed E-state index contributed by atoms with van der Waals surface area (Å²) in [7, 11) is 0. The van der Waals surface area contributed by atoms with Crippen molar-refractivity contribution in [3.8, 4) is 0 Å². The molecule has 1 atom stereocenters. The molecule has 98 valence electrons. The normalized spacial score (nSPS) is 31.3. The SMILES string of the molecule is NC(=O)C1(CCN2CCCCC2)CCCCN1. The Hall–Kier alpha value is -0.610. The molecule has 0 radical (unpaired) electrons. The Morgan fingerprint density at radius 2 is 1.94 bits per heavy atom. The third-order valence-electron chi connectivity index (χ3n) is 4.27. The van der Waals surface area contributed by atoms with Crippen LogP contribution in [0.4, 0.5) is 0 Å². The van der Waals surface area contributed by atoms with Crippen LogP contribution in [0.3, 0.4) is 0 Å². The molecule has 2 fully saturated rings. The summed E-state index contributed by atoms with van der Waals surface area (Å²) in [5.41, 5.74) is 5.18. The largest absolute Gasteiger partial charge is 0.368 e. The second-order valence-electron chi connectivity index (χ2n) is 5.48. The molecule has 2 heterocycles. The summed E-state index contributed by atoms with van der Waals surface area (Å²) in [5.74, 6) is -0.158. The fraction of sp³-hybridized carbons (Fsp3) is 0.923. The first-order valence-corrected chi connectivity index (χ1v) is 7.00. The number of nitrogens with one attached hydrogen (secondary N) is 1. The molecule has 4 nitrogen and oxygen atoms in total. The van der Waals surface area contributed by atoms with Crippen molar-refractivity contribution in [1.29, 1.82) is 0 Å². The summed E-state index contributed by atoms with van der Waals surface area (Å²) in [6, 6.07) is 0. The van der Waals surface area contributed by atoms with Crippen LogP contribution in [-0.4, -0.2) is 42.5 Å². The van der Waals surface area contributed by atoms with Crippen molar-refractivity contribution in [3.63, 3.8) is 0 Å². The van der Waals surface area contributed by atoms with Gasteiger partial charge >= 0.3 is 0 Å². The van der Waals surface area contributed by atoms with Crippen molar-refractivity contribution in [3.05, 3.63) is 0 Å². The lowest BCUT2D eigenvalue weighted by molar-refractivity contribution is -0.125. The summed E-state index contributed by atoms with van der Waals surface area (Å²) in [6.45, 7) is 4.32. The summed E-state index contributed by atoms with van der Waals surface area (Å²) >= 11 is 0. The minimum atomic E-state index is -0.421. The molecule has 3 N–H and O–H groups in total. The number of likely N-dealkylation sites (tertiary alicyclic amines) is 1. The van der Waals surface area contributed by atoms with E-state index in [1.54, 1.807) is 0 Å². The average molecular weight is 239 g/mol. The predicted molar refractivity (Wildman–Crippen MR) is 68.7 cm³/mol. The number of carbonyl (C=O) groups is 1. The Bertz CT molecular complexity index is 255. The van der Waals surface area contributed by atoms with Crippen LogP contribution in [0.1, 0.15) is 44.9 Å². The Morgan fingerprint density at radius 1 is 1.18 bits per heavy atom. The van der Waals surface area contributed by atoms with Crippen molar-refractivity contribution in [1.82, 2.24) is 10.2 Å². The first kappa shape index (κ1) is 12.8. The van der Waals surface area contributed by atoms with Crippen LogP contribution < -0.4 is 11.1 Å². The first-order valence-electron chi connectivity index (χ1n) is 7.00. The zero-order chi connectivity index (χ0) is 12.1. The van der Waals surface area contributed by atoms with Gasteiger partial charge in [0.05, 0.1) is 5.54 Å². The van der Waals surface area contributed by atoms with E-state index in [1.165, 1.54) is 38.8 Å². The van der Waals surface area contributed by atoms with Crippen LogP contribution in [0.25, 0.3) is 0 Å². The molecular formula is C13H25N3O. The summed E-state index contributed by atoms with van der Waals surface area (Å²) in [6.07, 6.45) is 8.04. The van der Waals surface area contributed by atoms with Crippen LogP contribution in [0.5, 0.6) is 0 Å². The van der Waals surface area contributed by atoms with Gasteiger partial charge in [0.1, 0.15) is 0 Å². The molecule has 0 aromatic carbocycles. The molecule has 2 aliphatic heterocycles. The topological polar surface area (TPSA) is 58.4 Å². The first-order chi connectivity index (χ1) is 8.23. The van der Waals surface area contributed by atoms with Gasteiger partial charge in [-0.3, -0.25) is 4.79 Å². The molecule has 0 bridgehead atoms. The van der Waals surface area contributed by atoms with Gasteiger partial charge in [0.15, 0.2) is 0 Å². The van der Waals surface area contributed by atoms with E-state index in [0.717, 1.165) is 32.4 Å². The van der Waals surface area contributed by atoms with Gasteiger partial charge in [-0.1, -0.05) is 6.42 Å². The molecule has 1 unspecified atom stereocenters. The number of hydrogen-bond acceptors (Lipinski definition) is 3. The highest BCUT2D eigenvalue weighted by Gasteiger charge is 2.37. The molecule has 1 amide bonds. The van der Waals surface area contributed by atoms with E-state index in [0.29, 0.717) is 0 Å². The van der Waals surface area contributed by atoms with E-state index in [1.807, 2.05) is 0 Å². The van der Waals surface area contributed by atoms with Gasteiger partial charge in [-0.15, -0.1) is 0 Å². The van der Waals surface area contributed by atoms with E-state index in [9.17, 15) is 4.79 Å². The monoisotopic (exact) mass is 239 g/mol. The Morgan fingerprint density at radius 3 is 2.53 bits per heavy atom. The van der Waals surface area contributed by atoms with Crippen LogP contribution in [0.15, 0.2) is 0 Å². The quantitative estimate of drug-likeness (QED) is 0.765. The lowest BCUT2D eigenvalue weighted by Gasteiger charge is -2.37. The van der Waals surface area contributed by atoms with Crippen molar-refractivity contribution >= 4 is 5.91 Å². The number of nitrogens with zero attached hydrogens (tertiary/aromatic N) is 1. The average Bonchev–Trinajstić information content (AvgIpc) is 2.38. The zero-order valence-electron chi connectivity index (χ0n) is 10.7. The highest BCUT2D eigenvalue weighted by atomic mass is 16.1. The molecule has 2 saturated heterocycles. The fourth-order valence-corrected chi connectivity index (χ4v) is 3.05. The van der Waals surface area contributed by atoms with Crippen molar-refractivity contribution < 1.29 is 4.79 Å².